The molecule has 139 valence electrons. The average molecular weight is 357 g/mol. The predicted octanol–water partition coefficient (Wildman–Crippen LogP) is 3.03. The molecule has 0 fully saturated rings. The van der Waals surface area contributed by atoms with Crippen molar-refractivity contribution in [2.45, 2.75) is 19.4 Å². The Morgan fingerprint density at radius 3 is 2.42 bits per heavy atom. The van der Waals surface area contributed by atoms with Gasteiger partial charge < -0.3 is 19.5 Å². The molecule has 1 radical (unpaired) electrons. The van der Waals surface area contributed by atoms with Gasteiger partial charge >= 0.3 is 6.03 Å². The number of benzene rings is 2. The maximum absolute atomic E-state index is 11.9. The molecule has 0 spiro atoms. The molecule has 0 saturated carbocycles. The van der Waals surface area contributed by atoms with Crippen molar-refractivity contribution >= 4 is 6.03 Å². The van der Waals surface area contributed by atoms with E-state index in [4.69, 9.17) is 14.2 Å². The number of rotatable bonds is 9. The average Bonchev–Trinajstić information content (AvgIpc) is 2.65. The van der Waals surface area contributed by atoms with Gasteiger partial charge in [0.15, 0.2) is 0 Å². The van der Waals surface area contributed by atoms with Gasteiger partial charge in [-0.05, 0) is 55.3 Å². The van der Waals surface area contributed by atoms with Crippen LogP contribution in [-0.2, 0) is 6.42 Å². The Balaban J connectivity index is 1.65. The van der Waals surface area contributed by atoms with Gasteiger partial charge in [0, 0.05) is 6.04 Å². The van der Waals surface area contributed by atoms with E-state index in [1.807, 2.05) is 55.5 Å². The number of hydrogen-bond donors (Lipinski definition) is 1. The SMILES string of the molecule is COc1ccc(OCC[N]C(=O)NC(C)Cc2cccc(OC)c2)cc1. The molecule has 2 aromatic rings. The molecule has 2 aromatic carbocycles. The van der Waals surface area contributed by atoms with Gasteiger partial charge in [0.05, 0.1) is 20.8 Å². The zero-order valence-electron chi connectivity index (χ0n) is 15.4. The Kier molecular flexibility index (Phi) is 7.61. The largest absolute Gasteiger partial charge is 0.497 e. The predicted molar refractivity (Wildman–Crippen MR) is 100 cm³/mol. The number of hydrogen-bond acceptors (Lipinski definition) is 4. The third-order valence-corrected chi connectivity index (χ3v) is 3.72. The van der Waals surface area contributed by atoms with Crippen LogP contribution in [0.3, 0.4) is 0 Å². The highest BCUT2D eigenvalue weighted by molar-refractivity contribution is 5.73. The minimum Gasteiger partial charge on any atom is -0.497 e. The molecule has 0 aliphatic carbocycles. The third-order valence-electron chi connectivity index (χ3n) is 3.72. The number of nitrogens with zero attached hydrogens (tertiary/aromatic N) is 1. The Labute approximate surface area is 154 Å². The number of nitrogens with one attached hydrogen (secondary N) is 1. The highest BCUT2D eigenvalue weighted by atomic mass is 16.5. The van der Waals surface area contributed by atoms with Gasteiger partial charge in [0.1, 0.15) is 23.9 Å². The Bertz CT molecular complexity index is 688. The van der Waals surface area contributed by atoms with E-state index in [2.05, 4.69) is 10.6 Å². The summed E-state index contributed by atoms with van der Waals surface area (Å²) < 4.78 is 15.8. The molecule has 0 heterocycles. The highest BCUT2D eigenvalue weighted by Gasteiger charge is 2.09. The van der Waals surface area contributed by atoms with E-state index in [1.54, 1.807) is 14.2 Å². The van der Waals surface area contributed by atoms with E-state index >= 15 is 0 Å². The van der Waals surface area contributed by atoms with Crippen LogP contribution in [0.1, 0.15) is 12.5 Å². The fourth-order valence-corrected chi connectivity index (χ4v) is 2.44. The second-order valence-electron chi connectivity index (χ2n) is 5.81. The molecule has 1 unspecified atom stereocenters. The second kappa shape index (κ2) is 10.2. The van der Waals surface area contributed by atoms with Crippen LogP contribution >= 0.6 is 0 Å². The van der Waals surface area contributed by atoms with Crippen LogP contribution in [0.4, 0.5) is 4.79 Å². The number of ether oxygens (including phenoxy) is 3. The summed E-state index contributed by atoms with van der Waals surface area (Å²) in [6, 6.07) is 14.7. The molecule has 0 aliphatic rings. The van der Waals surface area contributed by atoms with Crippen molar-refractivity contribution in [3.05, 3.63) is 54.1 Å². The van der Waals surface area contributed by atoms with Gasteiger partial charge in [-0.1, -0.05) is 12.1 Å². The maximum atomic E-state index is 11.9. The van der Waals surface area contributed by atoms with E-state index in [1.165, 1.54) is 0 Å². The lowest BCUT2D eigenvalue weighted by molar-refractivity contribution is 0.232. The summed E-state index contributed by atoms with van der Waals surface area (Å²) in [5.74, 6) is 2.29. The summed E-state index contributed by atoms with van der Waals surface area (Å²) in [7, 11) is 3.25. The van der Waals surface area contributed by atoms with Crippen LogP contribution in [0.5, 0.6) is 17.2 Å². The maximum Gasteiger partial charge on any atom is 0.336 e. The first-order chi connectivity index (χ1) is 12.6. The molecule has 2 rings (SSSR count). The first kappa shape index (κ1) is 19.4. The monoisotopic (exact) mass is 357 g/mol. The first-order valence-corrected chi connectivity index (χ1v) is 8.48. The number of carbonyl (C=O) groups excluding carboxylic acids is 1. The Morgan fingerprint density at radius 1 is 1.04 bits per heavy atom. The molecule has 6 nitrogen and oxygen atoms in total. The zero-order valence-corrected chi connectivity index (χ0v) is 15.4. The minimum atomic E-state index is -0.335. The lowest BCUT2D eigenvalue weighted by Crippen LogP contribution is -2.39. The van der Waals surface area contributed by atoms with Crippen LogP contribution < -0.4 is 24.8 Å². The van der Waals surface area contributed by atoms with Crippen LogP contribution in [0.2, 0.25) is 0 Å². The van der Waals surface area contributed by atoms with Crippen molar-refractivity contribution in [3.8, 4) is 17.2 Å². The van der Waals surface area contributed by atoms with Gasteiger partial charge in [-0.2, -0.15) is 0 Å². The smallest absolute Gasteiger partial charge is 0.336 e. The molecule has 1 atom stereocenters. The lowest BCUT2D eigenvalue weighted by Gasteiger charge is -2.14. The van der Waals surface area contributed by atoms with Crippen molar-refractivity contribution in [2.75, 3.05) is 27.4 Å². The molecule has 6 heteroatoms. The topological polar surface area (TPSA) is 70.9 Å². The quantitative estimate of drug-likeness (QED) is 0.700. The summed E-state index contributed by atoms with van der Waals surface area (Å²) in [6.45, 7) is 2.58. The summed E-state index contributed by atoms with van der Waals surface area (Å²) in [5, 5.41) is 6.82. The summed E-state index contributed by atoms with van der Waals surface area (Å²) >= 11 is 0. The van der Waals surface area contributed by atoms with Gasteiger partial charge in [0.2, 0.25) is 0 Å². The van der Waals surface area contributed by atoms with E-state index in [9.17, 15) is 4.79 Å². The van der Waals surface area contributed by atoms with Crippen molar-refractivity contribution in [2.24, 2.45) is 0 Å². The van der Waals surface area contributed by atoms with Crippen LogP contribution in [-0.4, -0.2) is 39.4 Å². The van der Waals surface area contributed by atoms with E-state index in [0.29, 0.717) is 25.3 Å². The summed E-state index contributed by atoms with van der Waals surface area (Å²) in [6.07, 6.45) is 0.709. The summed E-state index contributed by atoms with van der Waals surface area (Å²) in [4.78, 5) is 11.9. The van der Waals surface area contributed by atoms with Crippen molar-refractivity contribution in [1.29, 1.82) is 0 Å². The lowest BCUT2D eigenvalue weighted by atomic mass is 10.1. The Hall–Kier alpha value is -2.89. The standard InChI is InChI=1S/C20H25N2O4/c1-15(13-16-5-4-6-19(14-16)25-3)22-20(23)21-11-12-26-18-9-7-17(24-2)8-10-18/h4-10,14-15H,11-13H2,1-3H3,(H,22,23). The molecule has 2 amide bonds. The van der Waals surface area contributed by atoms with Gasteiger partial charge in [0.25, 0.3) is 0 Å². The van der Waals surface area contributed by atoms with Crippen molar-refractivity contribution in [3.63, 3.8) is 0 Å². The molecule has 0 bridgehead atoms. The molecule has 0 aliphatic heterocycles. The number of urea groups is 1. The minimum absolute atomic E-state index is 0.0270. The van der Waals surface area contributed by atoms with E-state index < -0.39 is 0 Å². The van der Waals surface area contributed by atoms with Gasteiger partial charge in [-0.25, -0.2) is 10.1 Å². The van der Waals surface area contributed by atoms with Crippen LogP contribution in [0.15, 0.2) is 48.5 Å². The van der Waals surface area contributed by atoms with Crippen LogP contribution in [0, 0.1) is 0 Å². The third kappa shape index (κ3) is 6.55. The van der Waals surface area contributed by atoms with Crippen molar-refractivity contribution < 1.29 is 19.0 Å². The number of methoxy groups -OCH3 is 2. The zero-order chi connectivity index (χ0) is 18.8. The molecular formula is C20H25N2O4. The van der Waals surface area contributed by atoms with Crippen LogP contribution in [0.25, 0.3) is 0 Å². The van der Waals surface area contributed by atoms with Gasteiger partial charge in [-0.15, -0.1) is 0 Å². The fraction of sp³-hybridized carbons (Fsp3) is 0.350. The van der Waals surface area contributed by atoms with Gasteiger partial charge in [-0.3, -0.25) is 0 Å². The molecule has 0 aromatic heterocycles. The van der Waals surface area contributed by atoms with E-state index in [-0.39, 0.29) is 12.1 Å². The van der Waals surface area contributed by atoms with E-state index in [0.717, 1.165) is 17.1 Å². The Morgan fingerprint density at radius 2 is 1.73 bits per heavy atom. The molecule has 26 heavy (non-hydrogen) atoms. The highest BCUT2D eigenvalue weighted by Crippen LogP contribution is 2.16. The molecule has 1 N–H and O–H groups in total. The van der Waals surface area contributed by atoms with Crippen molar-refractivity contribution in [1.82, 2.24) is 10.6 Å². The number of amides is 2. The first-order valence-electron chi connectivity index (χ1n) is 8.48. The summed E-state index contributed by atoms with van der Waals surface area (Å²) in [5.41, 5.74) is 1.10. The second-order valence-corrected chi connectivity index (χ2v) is 5.81. The number of carbonyl (C=O) groups is 1. The molecular weight excluding hydrogens is 332 g/mol. The fourth-order valence-electron chi connectivity index (χ4n) is 2.44. The molecule has 0 saturated heterocycles. The normalized spacial score (nSPS) is 11.3.